The molecule has 0 atom stereocenters. The van der Waals surface area contributed by atoms with Gasteiger partial charge in [-0.3, -0.25) is 4.79 Å². The van der Waals surface area contributed by atoms with Gasteiger partial charge in [-0.25, -0.2) is 0 Å². The molecule has 0 saturated heterocycles. The zero-order chi connectivity index (χ0) is 17.5. The molecule has 0 aliphatic rings. The number of hydrogen-bond acceptors (Lipinski definition) is 4. The summed E-state index contributed by atoms with van der Waals surface area (Å²) in [6.07, 6.45) is 1.82. The van der Waals surface area contributed by atoms with Gasteiger partial charge >= 0.3 is 0 Å². The molecule has 126 valence electrons. The Morgan fingerprint density at radius 3 is 2.62 bits per heavy atom. The van der Waals surface area contributed by atoms with Crippen LogP contribution >= 0.6 is 0 Å². The molecular weight excluding hydrogens is 304 g/mol. The largest absolute Gasteiger partial charge is 0.508 e. The Labute approximate surface area is 142 Å². The van der Waals surface area contributed by atoms with Crippen LogP contribution in [0.3, 0.4) is 0 Å². The second-order valence-electron chi connectivity index (χ2n) is 5.62. The van der Waals surface area contributed by atoms with Crippen molar-refractivity contribution < 1.29 is 19.4 Å². The van der Waals surface area contributed by atoms with Crippen LogP contribution in [0, 0.1) is 6.92 Å². The number of carbonyl (C=O) groups excluding carboxylic acids is 1. The van der Waals surface area contributed by atoms with Crippen molar-refractivity contribution in [3.8, 4) is 22.6 Å². The highest BCUT2D eigenvalue weighted by Gasteiger charge is 2.11. The molecule has 2 rings (SSSR count). The first-order valence-corrected chi connectivity index (χ1v) is 7.78. The van der Waals surface area contributed by atoms with Crippen molar-refractivity contribution in [2.75, 3.05) is 13.7 Å². The molecule has 0 heterocycles. The molecule has 24 heavy (non-hydrogen) atoms. The highest BCUT2D eigenvalue weighted by Crippen LogP contribution is 2.35. The molecular formula is C20H22O4. The SMILES string of the molecule is C=C(CCCOC)c1ccc(-c2ccc(O)cc2OC=O)c(C)c1. The zero-order valence-electron chi connectivity index (χ0n) is 14.0. The number of hydrogen-bond donors (Lipinski definition) is 1. The fourth-order valence-corrected chi connectivity index (χ4v) is 2.64. The zero-order valence-corrected chi connectivity index (χ0v) is 14.0. The van der Waals surface area contributed by atoms with Crippen molar-refractivity contribution in [3.05, 3.63) is 54.1 Å². The number of phenols is 1. The van der Waals surface area contributed by atoms with Gasteiger partial charge < -0.3 is 14.6 Å². The minimum Gasteiger partial charge on any atom is -0.508 e. The Bertz CT molecular complexity index is 734. The first-order chi connectivity index (χ1) is 11.6. The third-order valence-electron chi connectivity index (χ3n) is 3.89. The molecule has 1 N–H and O–H groups in total. The summed E-state index contributed by atoms with van der Waals surface area (Å²) >= 11 is 0. The Morgan fingerprint density at radius 1 is 1.21 bits per heavy atom. The molecule has 0 radical (unpaired) electrons. The number of benzene rings is 2. The third-order valence-corrected chi connectivity index (χ3v) is 3.89. The molecule has 0 fully saturated rings. The quantitative estimate of drug-likeness (QED) is 0.579. The van der Waals surface area contributed by atoms with E-state index in [1.54, 1.807) is 19.2 Å². The summed E-state index contributed by atoms with van der Waals surface area (Å²) in [5.41, 5.74) is 4.90. The summed E-state index contributed by atoms with van der Waals surface area (Å²) in [5.74, 6) is 0.385. The summed E-state index contributed by atoms with van der Waals surface area (Å²) in [5, 5.41) is 9.58. The lowest BCUT2D eigenvalue weighted by Crippen LogP contribution is -1.95. The average molecular weight is 326 g/mol. The van der Waals surface area contributed by atoms with Crippen LogP contribution in [0.25, 0.3) is 16.7 Å². The van der Waals surface area contributed by atoms with E-state index in [0.29, 0.717) is 12.2 Å². The summed E-state index contributed by atoms with van der Waals surface area (Å²) in [6, 6.07) is 10.8. The molecule has 4 nitrogen and oxygen atoms in total. The molecule has 0 aliphatic heterocycles. The van der Waals surface area contributed by atoms with E-state index in [1.165, 1.54) is 6.07 Å². The van der Waals surface area contributed by atoms with Gasteiger partial charge in [-0.05, 0) is 54.2 Å². The van der Waals surface area contributed by atoms with Crippen LogP contribution in [0.2, 0.25) is 0 Å². The van der Waals surface area contributed by atoms with Crippen molar-refractivity contribution in [1.29, 1.82) is 0 Å². The number of ether oxygens (including phenoxy) is 2. The van der Waals surface area contributed by atoms with E-state index >= 15 is 0 Å². The maximum absolute atomic E-state index is 10.7. The van der Waals surface area contributed by atoms with Gasteiger partial charge in [0.1, 0.15) is 11.5 Å². The van der Waals surface area contributed by atoms with Crippen LogP contribution in [0.4, 0.5) is 0 Å². The summed E-state index contributed by atoms with van der Waals surface area (Å²) in [4.78, 5) is 10.7. The van der Waals surface area contributed by atoms with E-state index in [-0.39, 0.29) is 5.75 Å². The minimum atomic E-state index is 0.0522. The Hall–Kier alpha value is -2.59. The molecule has 0 spiro atoms. The Balaban J connectivity index is 2.30. The van der Waals surface area contributed by atoms with Crippen molar-refractivity contribution in [3.63, 3.8) is 0 Å². The number of aryl methyl sites for hydroxylation is 1. The van der Waals surface area contributed by atoms with Gasteiger partial charge in [0.25, 0.3) is 6.47 Å². The molecule has 0 saturated carbocycles. The first-order valence-electron chi connectivity index (χ1n) is 7.78. The predicted molar refractivity (Wildman–Crippen MR) is 95.1 cm³/mol. The van der Waals surface area contributed by atoms with Gasteiger partial charge in [0.05, 0.1) is 0 Å². The van der Waals surface area contributed by atoms with E-state index in [4.69, 9.17) is 9.47 Å². The number of aromatic hydroxyl groups is 1. The molecule has 2 aromatic rings. The smallest absolute Gasteiger partial charge is 0.298 e. The first kappa shape index (κ1) is 17.8. The van der Waals surface area contributed by atoms with E-state index < -0.39 is 0 Å². The fraction of sp³-hybridized carbons (Fsp3) is 0.250. The van der Waals surface area contributed by atoms with Crippen LogP contribution in [0.5, 0.6) is 11.5 Å². The van der Waals surface area contributed by atoms with Gasteiger partial charge in [-0.15, -0.1) is 0 Å². The third kappa shape index (κ3) is 4.24. The number of allylic oxidation sites excluding steroid dienone is 1. The topological polar surface area (TPSA) is 55.8 Å². The van der Waals surface area contributed by atoms with E-state index in [2.05, 4.69) is 12.6 Å². The van der Waals surface area contributed by atoms with Crippen molar-refractivity contribution in [2.45, 2.75) is 19.8 Å². The van der Waals surface area contributed by atoms with Crippen LogP contribution in [0.1, 0.15) is 24.0 Å². The summed E-state index contributed by atoms with van der Waals surface area (Å²) in [6.45, 7) is 7.22. The lowest BCUT2D eigenvalue weighted by molar-refractivity contribution is -0.120. The number of phenolic OH excluding ortho intramolecular Hbond substituents is 1. The molecule has 0 aliphatic carbocycles. The number of methoxy groups -OCH3 is 1. The highest BCUT2D eigenvalue weighted by atomic mass is 16.5. The fourth-order valence-electron chi connectivity index (χ4n) is 2.64. The standard InChI is InChI=1S/C20H22O4/c1-14(5-4-10-23-3)16-6-8-18(15(2)11-16)19-9-7-17(22)12-20(19)24-13-21/h6-9,11-13,22H,1,4-5,10H2,2-3H3. The van der Waals surface area contributed by atoms with Crippen LogP contribution in [-0.4, -0.2) is 25.3 Å². The van der Waals surface area contributed by atoms with E-state index in [0.717, 1.165) is 47.3 Å². The van der Waals surface area contributed by atoms with E-state index in [9.17, 15) is 9.90 Å². The summed E-state index contributed by atoms with van der Waals surface area (Å²) < 4.78 is 10.1. The second kappa shape index (κ2) is 8.31. The predicted octanol–water partition coefficient (Wildman–Crippen LogP) is 4.34. The van der Waals surface area contributed by atoms with Gasteiger partial charge in [0.2, 0.25) is 0 Å². The van der Waals surface area contributed by atoms with Crippen LogP contribution in [-0.2, 0) is 9.53 Å². The van der Waals surface area contributed by atoms with Crippen molar-refractivity contribution in [2.24, 2.45) is 0 Å². The number of carbonyl (C=O) groups is 1. The van der Waals surface area contributed by atoms with Crippen LogP contribution < -0.4 is 4.74 Å². The lowest BCUT2D eigenvalue weighted by atomic mass is 9.94. The lowest BCUT2D eigenvalue weighted by Gasteiger charge is -2.13. The van der Waals surface area contributed by atoms with Gasteiger partial charge in [0.15, 0.2) is 0 Å². The second-order valence-corrected chi connectivity index (χ2v) is 5.62. The molecule has 2 aromatic carbocycles. The normalized spacial score (nSPS) is 10.4. The summed E-state index contributed by atoms with van der Waals surface area (Å²) in [7, 11) is 1.69. The Kier molecular flexibility index (Phi) is 6.15. The average Bonchev–Trinajstić information content (AvgIpc) is 2.56. The maximum Gasteiger partial charge on any atom is 0.298 e. The molecule has 0 bridgehead atoms. The monoisotopic (exact) mass is 326 g/mol. The highest BCUT2D eigenvalue weighted by molar-refractivity contribution is 5.77. The maximum atomic E-state index is 10.7. The molecule has 0 amide bonds. The van der Waals surface area contributed by atoms with Gasteiger partial charge in [-0.1, -0.05) is 24.8 Å². The van der Waals surface area contributed by atoms with Crippen molar-refractivity contribution >= 4 is 12.0 Å². The molecule has 4 heteroatoms. The van der Waals surface area contributed by atoms with Gasteiger partial charge in [-0.2, -0.15) is 0 Å². The van der Waals surface area contributed by atoms with E-state index in [1.807, 2.05) is 19.1 Å². The van der Waals surface area contributed by atoms with Gasteiger partial charge in [0, 0.05) is 25.3 Å². The minimum absolute atomic E-state index is 0.0522. The molecule has 0 unspecified atom stereocenters. The van der Waals surface area contributed by atoms with Crippen molar-refractivity contribution in [1.82, 2.24) is 0 Å². The van der Waals surface area contributed by atoms with Crippen LogP contribution in [0.15, 0.2) is 43.0 Å². The molecule has 0 aromatic heterocycles. The Morgan fingerprint density at radius 2 is 1.96 bits per heavy atom. The number of rotatable bonds is 8.